The molecule has 2 rings (SSSR count). The molecule has 22 heavy (non-hydrogen) atoms. The first kappa shape index (κ1) is 16.2. The lowest BCUT2D eigenvalue weighted by Gasteiger charge is -2.09. The zero-order valence-corrected chi connectivity index (χ0v) is 12.6. The number of benzene rings is 2. The van der Waals surface area contributed by atoms with Crippen molar-refractivity contribution in [2.75, 3.05) is 0 Å². The number of halogens is 4. The van der Waals surface area contributed by atoms with Crippen LogP contribution in [0.4, 0.5) is 13.2 Å². The SMILES string of the molecule is O=C(N/N=C/c1ccccc1C(F)(F)F)c1ccc(Br)cc1. The van der Waals surface area contributed by atoms with Crippen molar-refractivity contribution < 1.29 is 18.0 Å². The molecule has 0 spiro atoms. The van der Waals surface area contributed by atoms with Gasteiger partial charge >= 0.3 is 6.18 Å². The van der Waals surface area contributed by atoms with Gasteiger partial charge < -0.3 is 0 Å². The summed E-state index contributed by atoms with van der Waals surface area (Å²) in [6, 6.07) is 11.5. The third kappa shape index (κ3) is 4.17. The molecular weight excluding hydrogens is 361 g/mol. The summed E-state index contributed by atoms with van der Waals surface area (Å²) < 4.78 is 39.2. The van der Waals surface area contributed by atoms with E-state index in [9.17, 15) is 18.0 Å². The molecule has 2 aromatic carbocycles. The Hall–Kier alpha value is -2.15. The maximum Gasteiger partial charge on any atom is 0.417 e. The average Bonchev–Trinajstić information content (AvgIpc) is 2.47. The van der Waals surface area contributed by atoms with Crippen LogP contribution in [0, 0.1) is 0 Å². The van der Waals surface area contributed by atoms with Crippen LogP contribution in [0.1, 0.15) is 21.5 Å². The van der Waals surface area contributed by atoms with Gasteiger partial charge in [-0.15, -0.1) is 0 Å². The molecule has 0 heterocycles. The molecule has 0 atom stereocenters. The van der Waals surface area contributed by atoms with Crippen LogP contribution in [-0.4, -0.2) is 12.1 Å². The number of nitrogens with zero attached hydrogens (tertiary/aromatic N) is 1. The molecule has 3 nitrogen and oxygen atoms in total. The number of hydrogen-bond donors (Lipinski definition) is 1. The Balaban J connectivity index is 2.10. The molecule has 0 aliphatic heterocycles. The molecule has 7 heteroatoms. The molecular formula is C15H10BrF3N2O. The first-order valence-electron chi connectivity index (χ1n) is 6.13. The molecule has 0 saturated carbocycles. The average molecular weight is 371 g/mol. The van der Waals surface area contributed by atoms with Crippen LogP contribution in [0.25, 0.3) is 0 Å². The van der Waals surface area contributed by atoms with Gasteiger partial charge in [-0.1, -0.05) is 34.1 Å². The molecule has 0 radical (unpaired) electrons. The number of hydrazone groups is 1. The summed E-state index contributed by atoms with van der Waals surface area (Å²) in [6.45, 7) is 0. The fourth-order valence-corrected chi connectivity index (χ4v) is 1.96. The van der Waals surface area contributed by atoms with E-state index >= 15 is 0 Å². The third-order valence-corrected chi connectivity index (χ3v) is 3.27. The zero-order valence-electron chi connectivity index (χ0n) is 11.1. The van der Waals surface area contributed by atoms with E-state index in [1.807, 2.05) is 0 Å². The summed E-state index contributed by atoms with van der Waals surface area (Å²) in [5.41, 5.74) is 1.62. The van der Waals surface area contributed by atoms with Crippen LogP contribution in [0.3, 0.4) is 0 Å². The number of hydrogen-bond acceptors (Lipinski definition) is 2. The van der Waals surface area contributed by atoms with Gasteiger partial charge in [0, 0.05) is 15.6 Å². The van der Waals surface area contributed by atoms with Crippen LogP contribution in [-0.2, 0) is 6.18 Å². The van der Waals surface area contributed by atoms with Crippen molar-refractivity contribution in [2.45, 2.75) is 6.18 Å². The lowest BCUT2D eigenvalue weighted by Crippen LogP contribution is -2.18. The monoisotopic (exact) mass is 370 g/mol. The van der Waals surface area contributed by atoms with E-state index in [-0.39, 0.29) is 5.56 Å². The maximum atomic E-state index is 12.8. The fraction of sp³-hybridized carbons (Fsp3) is 0.0667. The van der Waals surface area contributed by atoms with E-state index < -0.39 is 17.6 Å². The van der Waals surface area contributed by atoms with E-state index in [1.54, 1.807) is 24.3 Å². The highest BCUT2D eigenvalue weighted by Crippen LogP contribution is 2.31. The normalized spacial score (nSPS) is 11.6. The molecule has 0 saturated heterocycles. The van der Waals surface area contributed by atoms with Gasteiger partial charge in [0.05, 0.1) is 11.8 Å². The van der Waals surface area contributed by atoms with Gasteiger partial charge in [-0.2, -0.15) is 18.3 Å². The summed E-state index contributed by atoms with van der Waals surface area (Å²) in [5, 5.41) is 3.58. The Kier molecular flexibility index (Phi) is 4.97. The van der Waals surface area contributed by atoms with Gasteiger partial charge in [0.15, 0.2) is 0 Å². The Morgan fingerprint density at radius 2 is 1.73 bits per heavy atom. The first-order chi connectivity index (χ1) is 10.4. The van der Waals surface area contributed by atoms with E-state index in [2.05, 4.69) is 26.5 Å². The second-order valence-corrected chi connectivity index (χ2v) is 5.21. The Bertz CT molecular complexity index is 697. The molecule has 114 valence electrons. The predicted octanol–water partition coefficient (Wildman–Crippen LogP) is 4.23. The third-order valence-electron chi connectivity index (χ3n) is 2.74. The summed E-state index contributed by atoms with van der Waals surface area (Å²) in [4.78, 5) is 11.8. The van der Waals surface area contributed by atoms with Crippen LogP contribution in [0.15, 0.2) is 58.1 Å². The van der Waals surface area contributed by atoms with Gasteiger partial charge in [-0.3, -0.25) is 4.79 Å². The second-order valence-electron chi connectivity index (χ2n) is 4.29. The molecule has 1 amide bonds. The van der Waals surface area contributed by atoms with Crippen molar-refractivity contribution in [3.8, 4) is 0 Å². The number of alkyl halides is 3. The predicted molar refractivity (Wildman–Crippen MR) is 80.6 cm³/mol. The van der Waals surface area contributed by atoms with Crippen molar-refractivity contribution in [3.05, 3.63) is 69.7 Å². The number of carbonyl (C=O) groups excluding carboxylic acids is 1. The molecule has 0 unspecified atom stereocenters. The largest absolute Gasteiger partial charge is 0.417 e. The Morgan fingerprint density at radius 3 is 2.36 bits per heavy atom. The van der Waals surface area contributed by atoms with Crippen molar-refractivity contribution in [1.29, 1.82) is 0 Å². The van der Waals surface area contributed by atoms with E-state index in [0.717, 1.165) is 16.8 Å². The molecule has 0 bridgehead atoms. The molecule has 2 aromatic rings. The van der Waals surface area contributed by atoms with Crippen molar-refractivity contribution >= 4 is 28.1 Å². The van der Waals surface area contributed by atoms with Gasteiger partial charge in [0.25, 0.3) is 5.91 Å². The Labute approximate surface area is 133 Å². The van der Waals surface area contributed by atoms with Gasteiger partial charge in [-0.05, 0) is 30.3 Å². The zero-order chi connectivity index (χ0) is 16.2. The first-order valence-corrected chi connectivity index (χ1v) is 6.92. The number of carbonyl (C=O) groups is 1. The van der Waals surface area contributed by atoms with Crippen molar-refractivity contribution in [2.24, 2.45) is 5.10 Å². The van der Waals surface area contributed by atoms with Gasteiger partial charge in [-0.25, -0.2) is 5.43 Å². The molecule has 0 aliphatic carbocycles. The van der Waals surface area contributed by atoms with E-state index in [0.29, 0.717) is 5.56 Å². The lowest BCUT2D eigenvalue weighted by atomic mass is 10.1. The number of amides is 1. The summed E-state index contributed by atoms with van der Waals surface area (Å²) >= 11 is 3.24. The Morgan fingerprint density at radius 1 is 1.09 bits per heavy atom. The minimum atomic E-state index is -4.47. The van der Waals surface area contributed by atoms with Crippen LogP contribution in [0.2, 0.25) is 0 Å². The van der Waals surface area contributed by atoms with Crippen LogP contribution in [0.5, 0.6) is 0 Å². The second kappa shape index (κ2) is 6.74. The number of nitrogens with one attached hydrogen (secondary N) is 1. The highest BCUT2D eigenvalue weighted by atomic mass is 79.9. The number of rotatable bonds is 3. The summed E-state index contributed by atoms with van der Waals surface area (Å²) in [7, 11) is 0. The standard InChI is InChI=1S/C15H10BrF3N2O/c16-12-7-5-10(6-8-12)14(22)21-20-9-11-3-1-2-4-13(11)15(17,18)19/h1-9H,(H,21,22)/b20-9+. The minimum Gasteiger partial charge on any atom is -0.267 e. The van der Waals surface area contributed by atoms with Crippen molar-refractivity contribution in [1.82, 2.24) is 5.43 Å². The lowest BCUT2D eigenvalue weighted by molar-refractivity contribution is -0.137. The topological polar surface area (TPSA) is 41.5 Å². The van der Waals surface area contributed by atoms with Gasteiger partial charge in [0.2, 0.25) is 0 Å². The molecule has 0 aliphatic rings. The van der Waals surface area contributed by atoms with E-state index in [4.69, 9.17) is 0 Å². The van der Waals surface area contributed by atoms with Crippen LogP contribution >= 0.6 is 15.9 Å². The minimum absolute atomic E-state index is 0.119. The quantitative estimate of drug-likeness (QED) is 0.637. The summed E-state index contributed by atoms with van der Waals surface area (Å²) in [6.07, 6.45) is -3.50. The highest BCUT2D eigenvalue weighted by Gasteiger charge is 2.32. The smallest absolute Gasteiger partial charge is 0.267 e. The van der Waals surface area contributed by atoms with Gasteiger partial charge in [0.1, 0.15) is 0 Å². The molecule has 1 N–H and O–H groups in total. The van der Waals surface area contributed by atoms with E-state index in [1.165, 1.54) is 18.2 Å². The molecule has 0 fully saturated rings. The van der Waals surface area contributed by atoms with Crippen molar-refractivity contribution in [3.63, 3.8) is 0 Å². The summed E-state index contributed by atoms with van der Waals surface area (Å²) in [5.74, 6) is -0.506. The fourth-order valence-electron chi connectivity index (χ4n) is 1.69. The van der Waals surface area contributed by atoms with Crippen LogP contribution < -0.4 is 5.43 Å². The highest BCUT2D eigenvalue weighted by molar-refractivity contribution is 9.10. The molecule has 0 aromatic heterocycles. The maximum absolute atomic E-state index is 12.8.